The van der Waals surface area contributed by atoms with E-state index in [1.165, 1.54) is 12.8 Å². The van der Waals surface area contributed by atoms with Crippen LogP contribution in [0.25, 0.3) is 0 Å². The molecule has 2 aliphatic rings. The molecule has 4 heteroatoms. The molecule has 104 valence electrons. The summed E-state index contributed by atoms with van der Waals surface area (Å²) in [4.78, 5) is 14.1. The van der Waals surface area contributed by atoms with Crippen LogP contribution in [-0.4, -0.2) is 46.7 Å². The Kier molecular flexibility index (Phi) is 4.28. The average Bonchev–Trinajstić information content (AvgIpc) is 2.77. The Hall–Kier alpha value is -0.610. The van der Waals surface area contributed by atoms with Crippen molar-refractivity contribution in [3.05, 3.63) is 0 Å². The molecule has 18 heavy (non-hydrogen) atoms. The van der Waals surface area contributed by atoms with Crippen molar-refractivity contribution in [1.29, 1.82) is 0 Å². The van der Waals surface area contributed by atoms with Gasteiger partial charge in [0.15, 0.2) is 0 Å². The molecule has 1 aliphatic carbocycles. The van der Waals surface area contributed by atoms with Crippen LogP contribution in [0.15, 0.2) is 0 Å². The van der Waals surface area contributed by atoms with E-state index in [1.807, 2.05) is 6.92 Å². The van der Waals surface area contributed by atoms with Crippen molar-refractivity contribution in [3.8, 4) is 0 Å². The highest BCUT2D eigenvalue weighted by Crippen LogP contribution is 2.27. The predicted octanol–water partition coefficient (Wildman–Crippen LogP) is 1.28. The largest absolute Gasteiger partial charge is 0.387 e. The zero-order valence-electron chi connectivity index (χ0n) is 11.6. The summed E-state index contributed by atoms with van der Waals surface area (Å²) in [5.41, 5.74) is -0.545. The third-order valence-corrected chi connectivity index (χ3v) is 4.34. The molecule has 1 saturated heterocycles. The first-order valence-electron chi connectivity index (χ1n) is 7.31. The van der Waals surface area contributed by atoms with Gasteiger partial charge in [0.25, 0.3) is 0 Å². The van der Waals surface area contributed by atoms with Gasteiger partial charge < -0.3 is 10.4 Å². The van der Waals surface area contributed by atoms with Crippen LogP contribution < -0.4 is 5.32 Å². The Morgan fingerprint density at radius 1 is 1.44 bits per heavy atom. The van der Waals surface area contributed by atoms with E-state index in [-0.39, 0.29) is 11.9 Å². The van der Waals surface area contributed by atoms with Gasteiger partial charge in [0.1, 0.15) is 0 Å². The summed E-state index contributed by atoms with van der Waals surface area (Å²) in [6.07, 6.45) is 6.54. The van der Waals surface area contributed by atoms with E-state index in [2.05, 4.69) is 17.1 Å². The van der Waals surface area contributed by atoms with Gasteiger partial charge in [-0.3, -0.25) is 9.69 Å². The Labute approximate surface area is 110 Å². The van der Waals surface area contributed by atoms with Crippen molar-refractivity contribution in [1.82, 2.24) is 10.2 Å². The highest BCUT2D eigenvalue weighted by Gasteiger charge is 2.43. The third kappa shape index (κ3) is 3.04. The monoisotopic (exact) mass is 254 g/mol. The molecule has 1 heterocycles. The van der Waals surface area contributed by atoms with E-state index in [4.69, 9.17) is 0 Å². The first-order valence-corrected chi connectivity index (χ1v) is 7.31. The number of hydrogen-bond donors (Lipinski definition) is 2. The van der Waals surface area contributed by atoms with Crippen LogP contribution in [-0.2, 0) is 4.79 Å². The summed E-state index contributed by atoms with van der Waals surface area (Å²) < 4.78 is 0. The molecular formula is C14H26N2O2. The molecule has 0 radical (unpaired) electrons. The minimum absolute atomic E-state index is 0.109. The number of rotatable bonds is 5. The molecule has 1 amide bonds. The Morgan fingerprint density at radius 2 is 2.06 bits per heavy atom. The Bertz CT molecular complexity index is 294. The Morgan fingerprint density at radius 3 is 2.61 bits per heavy atom. The second-order valence-corrected chi connectivity index (χ2v) is 6.05. The van der Waals surface area contributed by atoms with Crippen LogP contribution >= 0.6 is 0 Å². The minimum Gasteiger partial charge on any atom is -0.387 e. The SMILES string of the molecule is CCCC1(O)CN(C(C)C(=O)NC2CCCC2)C1. The quantitative estimate of drug-likeness (QED) is 0.777. The molecule has 0 aromatic heterocycles. The van der Waals surface area contributed by atoms with Gasteiger partial charge in [-0.2, -0.15) is 0 Å². The van der Waals surface area contributed by atoms with E-state index in [0.717, 1.165) is 25.7 Å². The fourth-order valence-electron chi connectivity index (χ4n) is 3.16. The second-order valence-electron chi connectivity index (χ2n) is 6.05. The van der Waals surface area contributed by atoms with E-state index >= 15 is 0 Å². The molecule has 1 atom stereocenters. The maximum Gasteiger partial charge on any atom is 0.237 e. The summed E-state index contributed by atoms with van der Waals surface area (Å²) in [5, 5.41) is 13.2. The summed E-state index contributed by atoms with van der Waals surface area (Å²) in [6.45, 7) is 5.30. The van der Waals surface area contributed by atoms with Crippen LogP contribution in [0.4, 0.5) is 0 Å². The van der Waals surface area contributed by atoms with Crippen LogP contribution in [0.1, 0.15) is 52.4 Å². The number of β-amino-alcohol motifs (C(OH)–C–C–N with tert-alkyl or cyclic N) is 1. The smallest absolute Gasteiger partial charge is 0.237 e. The number of carbonyl (C=O) groups excluding carboxylic acids is 1. The van der Waals surface area contributed by atoms with Gasteiger partial charge in [0.05, 0.1) is 11.6 Å². The molecule has 0 aromatic rings. The Balaban J connectivity index is 1.74. The standard InChI is InChI=1S/C14H26N2O2/c1-3-8-14(18)9-16(10-14)11(2)13(17)15-12-6-4-5-7-12/h11-12,18H,3-10H2,1-2H3,(H,15,17). The van der Waals surface area contributed by atoms with Crippen molar-refractivity contribution in [2.75, 3.05) is 13.1 Å². The molecule has 1 aliphatic heterocycles. The maximum absolute atomic E-state index is 12.1. The molecular weight excluding hydrogens is 228 g/mol. The molecule has 0 aromatic carbocycles. The van der Waals surface area contributed by atoms with Crippen molar-refractivity contribution >= 4 is 5.91 Å². The normalized spacial score (nSPS) is 25.7. The number of amides is 1. The topological polar surface area (TPSA) is 52.6 Å². The van der Waals surface area contributed by atoms with Gasteiger partial charge in [-0.25, -0.2) is 0 Å². The van der Waals surface area contributed by atoms with Crippen LogP contribution in [0.5, 0.6) is 0 Å². The lowest BCUT2D eigenvalue weighted by atomic mass is 9.88. The molecule has 4 nitrogen and oxygen atoms in total. The molecule has 2 N–H and O–H groups in total. The lowest BCUT2D eigenvalue weighted by molar-refractivity contribution is -0.144. The minimum atomic E-state index is -0.545. The molecule has 1 saturated carbocycles. The summed E-state index contributed by atoms with van der Waals surface area (Å²) in [6, 6.07) is 0.276. The number of nitrogens with one attached hydrogen (secondary N) is 1. The van der Waals surface area contributed by atoms with Gasteiger partial charge in [0.2, 0.25) is 5.91 Å². The van der Waals surface area contributed by atoms with Gasteiger partial charge >= 0.3 is 0 Å². The first-order chi connectivity index (χ1) is 8.54. The van der Waals surface area contributed by atoms with Crippen molar-refractivity contribution < 1.29 is 9.90 Å². The second kappa shape index (κ2) is 5.57. The van der Waals surface area contributed by atoms with Gasteiger partial charge in [-0.15, -0.1) is 0 Å². The number of hydrogen-bond acceptors (Lipinski definition) is 3. The summed E-state index contributed by atoms with van der Waals surface area (Å²) in [7, 11) is 0. The fourth-order valence-corrected chi connectivity index (χ4v) is 3.16. The molecule has 0 bridgehead atoms. The average molecular weight is 254 g/mol. The van der Waals surface area contributed by atoms with Gasteiger partial charge in [-0.1, -0.05) is 26.2 Å². The molecule has 1 unspecified atom stereocenters. The lowest BCUT2D eigenvalue weighted by Crippen LogP contribution is -2.66. The van der Waals surface area contributed by atoms with Crippen LogP contribution in [0.2, 0.25) is 0 Å². The summed E-state index contributed by atoms with van der Waals surface area (Å²) in [5.74, 6) is 0.125. The number of nitrogens with zero attached hydrogens (tertiary/aromatic N) is 1. The highest BCUT2D eigenvalue weighted by molar-refractivity contribution is 5.81. The number of aliphatic hydroxyl groups is 1. The number of likely N-dealkylation sites (tertiary alicyclic amines) is 1. The van der Waals surface area contributed by atoms with Crippen LogP contribution in [0, 0.1) is 0 Å². The molecule has 0 spiro atoms. The fraction of sp³-hybridized carbons (Fsp3) is 0.929. The lowest BCUT2D eigenvalue weighted by Gasteiger charge is -2.49. The van der Waals surface area contributed by atoms with Crippen LogP contribution in [0.3, 0.4) is 0 Å². The highest BCUT2D eigenvalue weighted by atomic mass is 16.3. The van der Waals surface area contributed by atoms with E-state index < -0.39 is 5.60 Å². The van der Waals surface area contributed by atoms with E-state index in [1.54, 1.807) is 0 Å². The third-order valence-electron chi connectivity index (χ3n) is 4.34. The van der Waals surface area contributed by atoms with Gasteiger partial charge in [-0.05, 0) is 26.2 Å². The van der Waals surface area contributed by atoms with Gasteiger partial charge in [0, 0.05) is 19.1 Å². The zero-order chi connectivity index (χ0) is 13.2. The van der Waals surface area contributed by atoms with Crippen molar-refractivity contribution in [3.63, 3.8) is 0 Å². The number of carbonyl (C=O) groups is 1. The van der Waals surface area contributed by atoms with E-state index in [9.17, 15) is 9.90 Å². The van der Waals surface area contributed by atoms with E-state index in [0.29, 0.717) is 19.1 Å². The van der Waals surface area contributed by atoms with Crippen molar-refractivity contribution in [2.45, 2.75) is 70.1 Å². The summed E-state index contributed by atoms with van der Waals surface area (Å²) >= 11 is 0. The first kappa shape index (κ1) is 13.8. The zero-order valence-corrected chi connectivity index (χ0v) is 11.6. The predicted molar refractivity (Wildman–Crippen MR) is 71.3 cm³/mol. The molecule has 2 rings (SSSR count). The maximum atomic E-state index is 12.1. The molecule has 2 fully saturated rings. The van der Waals surface area contributed by atoms with Crippen molar-refractivity contribution in [2.24, 2.45) is 0 Å².